The summed E-state index contributed by atoms with van der Waals surface area (Å²) in [4.78, 5) is 0. The van der Waals surface area contributed by atoms with Crippen LogP contribution in [0.25, 0.3) is 0 Å². The molecule has 0 aromatic rings. The van der Waals surface area contributed by atoms with Crippen LogP contribution in [0.15, 0.2) is 0 Å². The van der Waals surface area contributed by atoms with Gasteiger partial charge in [-0.05, 0) is 12.8 Å². The van der Waals surface area contributed by atoms with E-state index in [9.17, 15) is 0 Å². The van der Waals surface area contributed by atoms with Crippen molar-refractivity contribution < 1.29 is 0 Å². The average Bonchev–Trinajstić information content (AvgIpc) is 2.39. The van der Waals surface area contributed by atoms with Gasteiger partial charge in [0.2, 0.25) is 0 Å². The number of rotatable bonds is 15. The van der Waals surface area contributed by atoms with Gasteiger partial charge in [-0.3, -0.25) is 0 Å². The highest BCUT2D eigenvalue weighted by Gasteiger charge is 1.94. The second-order valence-electron chi connectivity index (χ2n) is 4.29. The maximum Gasteiger partial charge on any atom is 0.00369 e. The molecule has 0 saturated heterocycles. The van der Waals surface area contributed by atoms with Gasteiger partial charge in [-0.15, -0.1) is 0 Å². The van der Waals surface area contributed by atoms with E-state index < -0.39 is 0 Å². The first-order chi connectivity index (χ1) is 8.91. The molecule has 4 heteroatoms. The van der Waals surface area contributed by atoms with E-state index in [2.05, 4.69) is 13.8 Å². The Morgan fingerprint density at radius 3 is 1.11 bits per heavy atom. The molecule has 110 valence electrons. The van der Waals surface area contributed by atoms with E-state index in [1.807, 2.05) is 43.2 Å². The third-order valence-electron chi connectivity index (χ3n) is 2.61. The molecule has 0 heterocycles. The predicted octanol–water partition coefficient (Wildman–Crippen LogP) is 6.91. The zero-order valence-corrected chi connectivity index (χ0v) is 15.4. The average molecular weight is 327 g/mol. The summed E-state index contributed by atoms with van der Waals surface area (Å²) in [6.07, 6.45) is 11.6. The Morgan fingerprint density at radius 1 is 0.444 bits per heavy atom. The van der Waals surface area contributed by atoms with Gasteiger partial charge in [-0.1, -0.05) is 95.5 Å². The standard InChI is InChI=1S/C14H30S4/c1-3-15-17-13-11-9-7-5-6-8-10-12-14-18-16-4-2/h3-14H2,1-2H3. The normalized spacial score (nSPS) is 11.0. The van der Waals surface area contributed by atoms with Crippen LogP contribution in [0.3, 0.4) is 0 Å². The second kappa shape index (κ2) is 18.4. The summed E-state index contributed by atoms with van der Waals surface area (Å²) in [5.74, 6) is 5.20. The van der Waals surface area contributed by atoms with Crippen molar-refractivity contribution in [3.8, 4) is 0 Å². The van der Waals surface area contributed by atoms with E-state index >= 15 is 0 Å². The van der Waals surface area contributed by atoms with Crippen LogP contribution in [-0.4, -0.2) is 23.0 Å². The van der Waals surface area contributed by atoms with Gasteiger partial charge in [0.1, 0.15) is 0 Å². The Bertz CT molecular complexity index is 126. The van der Waals surface area contributed by atoms with E-state index in [1.54, 1.807) is 0 Å². The molecule has 18 heavy (non-hydrogen) atoms. The zero-order valence-electron chi connectivity index (χ0n) is 12.1. The summed E-state index contributed by atoms with van der Waals surface area (Å²) in [5, 5.41) is 0. The van der Waals surface area contributed by atoms with Gasteiger partial charge in [-0.25, -0.2) is 0 Å². The van der Waals surface area contributed by atoms with Crippen molar-refractivity contribution in [3.63, 3.8) is 0 Å². The first-order valence-electron chi connectivity index (χ1n) is 7.40. The highest BCUT2D eigenvalue weighted by molar-refractivity contribution is 8.77. The third kappa shape index (κ3) is 17.4. The van der Waals surface area contributed by atoms with Crippen LogP contribution in [0, 0.1) is 0 Å². The maximum absolute atomic E-state index is 2.23. The van der Waals surface area contributed by atoms with Crippen LogP contribution in [0.4, 0.5) is 0 Å². The van der Waals surface area contributed by atoms with Gasteiger partial charge in [0.25, 0.3) is 0 Å². The fourth-order valence-electron chi connectivity index (χ4n) is 1.67. The first-order valence-corrected chi connectivity index (χ1v) is 12.4. The summed E-state index contributed by atoms with van der Waals surface area (Å²) in [6, 6.07) is 0. The highest BCUT2D eigenvalue weighted by Crippen LogP contribution is 2.23. The minimum atomic E-state index is 1.25. The Hall–Kier alpha value is 1.40. The highest BCUT2D eigenvalue weighted by atomic mass is 33.1. The molecular formula is C14H30S4. The van der Waals surface area contributed by atoms with Crippen molar-refractivity contribution in [1.29, 1.82) is 0 Å². The summed E-state index contributed by atoms with van der Waals surface area (Å²) in [7, 11) is 8.10. The lowest BCUT2D eigenvalue weighted by Gasteiger charge is -2.02. The van der Waals surface area contributed by atoms with Crippen LogP contribution >= 0.6 is 43.2 Å². The fourth-order valence-corrected chi connectivity index (χ4v) is 5.29. The van der Waals surface area contributed by atoms with Gasteiger partial charge >= 0.3 is 0 Å². The molecule has 0 unspecified atom stereocenters. The minimum absolute atomic E-state index is 1.25. The Labute approximate surface area is 131 Å². The van der Waals surface area contributed by atoms with Crippen LogP contribution in [0.5, 0.6) is 0 Å². The van der Waals surface area contributed by atoms with Crippen LogP contribution in [-0.2, 0) is 0 Å². The molecule has 0 aromatic heterocycles. The summed E-state index contributed by atoms with van der Waals surface area (Å²) < 4.78 is 0. The predicted molar refractivity (Wildman–Crippen MR) is 98.1 cm³/mol. The molecule has 0 nitrogen and oxygen atoms in total. The molecule has 0 saturated carbocycles. The Kier molecular flexibility index (Phi) is 19.8. The van der Waals surface area contributed by atoms with Crippen LogP contribution in [0.1, 0.15) is 65.2 Å². The van der Waals surface area contributed by atoms with Crippen molar-refractivity contribution in [2.45, 2.75) is 65.2 Å². The van der Waals surface area contributed by atoms with Crippen molar-refractivity contribution in [3.05, 3.63) is 0 Å². The molecule has 0 amide bonds. The Morgan fingerprint density at radius 2 is 0.778 bits per heavy atom. The third-order valence-corrected chi connectivity index (χ3v) is 7.74. The number of unbranched alkanes of at least 4 members (excludes halogenated alkanes) is 7. The molecule has 0 aliphatic heterocycles. The van der Waals surface area contributed by atoms with E-state index in [-0.39, 0.29) is 0 Å². The lowest BCUT2D eigenvalue weighted by molar-refractivity contribution is 0.588. The van der Waals surface area contributed by atoms with E-state index in [0.29, 0.717) is 0 Å². The molecule has 0 fully saturated rings. The maximum atomic E-state index is 2.23. The SMILES string of the molecule is CCSSCCCCCCCCCCSSCC. The Balaban J connectivity index is 2.86. The lowest BCUT2D eigenvalue weighted by Crippen LogP contribution is -1.83. The van der Waals surface area contributed by atoms with Crippen molar-refractivity contribution >= 4 is 43.2 Å². The van der Waals surface area contributed by atoms with Gasteiger partial charge in [0.15, 0.2) is 0 Å². The van der Waals surface area contributed by atoms with Crippen molar-refractivity contribution in [2.24, 2.45) is 0 Å². The first kappa shape index (κ1) is 19.4. The second-order valence-corrected chi connectivity index (χ2v) is 10.0. The lowest BCUT2D eigenvalue weighted by atomic mass is 10.1. The summed E-state index contributed by atoms with van der Waals surface area (Å²) >= 11 is 0. The molecule has 0 aliphatic rings. The van der Waals surface area contributed by atoms with Crippen LogP contribution < -0.4 is 0 Å². The molecule has 0 atom stereocenters. The summed E-state index contributed by atoms with van der Waals surface area (Å²) in [5.41, 5.74) is 0. The quantitative estimate of drug-likeness (QED) is 0.237. The molecule has 0 N–H and O–H groups in total. The molecule has 0 aliphatic carbocycles. The van der Waals surface area contributed by atoms with Gasteiger partial charge in [0.05, 0.1) is 0 Å². The van der Waals surface area contributed by atoms with Gasteiger partial charge < -0.3 is 0 Å². The molecule has 0 spiro atoms. The topological polar surface area (TPSA) is 0 Å². The monoisotopic (exact) mass is 326 g/mol. The van der Waals surface area contributed by atoms with E-state index in [4.69, 9.17) is 0 Å². The number of hydrogen-bond donors (Lipinski definition) is 0. The van der Waals surface area contributed by atoms with Gasteiger partial charge in [0, 0.05) is 23.0 Å². The molecule has 0 rings (SSSR count). The molecule has 0 aromatic carbocycles. The van der Waals surface area contributed by atoms with Crippen molar-refractivity contribution in [1.82, 2.24) is 0 Å². The zero-order chi connectivity index (χ0) is 13.3. The molecular weight excluding hydrogens is 296 g/mol. The van der Waals surface area contributed by atoms with Crippen molar-refractivity contribution in [2.75, 3.05) is 23.0 Å². The molecule has 0 bridgehead atoms. The van der Waals surface area contributed by atoms with Crippen LogP contribution in [0.2, 0.25) is 0 Å². The smallest absolute Gasteiger partial charge is 0.00369 e. The molecule has 0 radical (unpaired) electrons. The van der Waals surface area contributed by atoms with Gasteiger partial charge in [-0.2, -0.15) is 0 Å². The largest absolute Gasteiger partial charge is 0.0944 e. The van der Waals surface area contributed by atoms with E-state index in [0.717, 1.165) is 0 Å². The number of hydrogen-bond acceptors (Lipinski definition) is 4. The summed E-state index contributed by atoms with van der Waals surface area (Å²) in [6.45, 7) is 4.47. The van der Waals surface area contributed by atoms with E-state index in [1.165, 1.54) is 74.4 Å². The fraction of sp³-hybridized carbons (Fsp3) is 1.00. The minimum Gasteiger partial charge on any atom is -0.0944 e.